The lowest BCUT2D eigenvalue weighted by Gasteiger charge is -2.51. The van der Waals surface area contributed by atoms with Crippen LogP contribution in [0.5, 0.6) is 5.75 Å². The van der Waals surface area contributed by atoms with Gasteiger partial charge < -0.3 is 9.84 Å². The molecule has 0 bridgehead atoms. The quantitative estimate of drug-likeness (QED) is 0.611. The number of piperidine rings is 1. The van der Waals surface area contributed by atoms with E-state index < -0.39 is 22.3 Å². The summed E-state index contributed by atoms with van der Waals surface area (Å²) >= 11 is 0. The summed E-state index contributed by atoms with van der Waals surface area (Å²) in [4.78, 5) is 6.77. The Hall–Kier alpha value is -1.95. The van der Waals surface area contributed by atoms with Crippen LogP contribution >= 0.6 is 11.0 Å². The van der Waals surface area contributed by atoms with Crippen molar-refractivity contribution in [2.45, 2.75) is 43.8 Å². The summed E-state index contributed by atoms with van der Waals surface area (Å²) in [6.07, 6.45) is 2.92. The van der Waals surface area contributed by atoms with Crippen molar-refractivity contribution in [2.24, 2.45) is 0 Å². The average Bonchev–Trinajstić information content (AvgIpc) is 2.90. The van der Waals surface area contributed by atoms with Gasteiger partial charge in [-0.3, -0.25) is 23.3 Å². The lowest BCUT2D eigenvalue weighted by molar-refractivity contribution is 0.00740. The van der Waals surface area contributed by atoms with Gasteiger partial charge in [-0.15, -0.1) is 0 Å². The van der Waals surface area contributed by atoms with E-state index in [9.17, 15) is 18.6 Å². The Balaban J connectivity index is 1.37. The van der Waals surface area contributed by atoms with E-state index in [1.165, 1.54) is 18.3 Å². The molecule has 33 heavy (non-hydrogen) atoms. The number of aromatic nitrogens is 1. The van der Waals surface area contributed by atoms with Gasteiger partial charge in [-0.05, 0) is 44.0 Å². The van der Waals surface area contributed by atoms with Crippen LogP contribution in [0.1, 0.15) is 36.9 Å². The number of aromatic hydroxyl groups is 1. The third-order valence-corrected chi connectivity index (χ3v) is 9.28. The fourth-order valence-electron chi connectivity index (χ4n) is 5.44. The molecule has 0 radical (unpaired) electrons. The molecular weight excluding hydrogens is 447 g/mol. The van der Waals surface area contributed by atoms with Crippen molar-refractivity contribution in [2.75, 3.05) is 37.7 Å². The van der Waals surface area contributed by atoms with Crippen LogP contribution in [0, 0.1) is 5.82 Å². The summed E-state index contributed by atoms with van der Waals surface area (Å²) in [7, 11) is -1.52. The molecule has 3 aliphatic rings. The molecule has 5 rings (SSSR count). The van der Waals surface area contributed by atoms with Crippen molar-refractivity contribution >= 4 is 16.6 Å². The molecule has 0 saturated carbocycles. The first-order valence-electron chi connectivity index (χ1n) is 11.2. The fourth-order valence-corrected chi connectivity index (χ4v) is 7.28. The first kappa shape index (κ1) is 22.8. The summed E-state index contributed by atoms with van der Waals surface area (Å²) in [5.41, 5.74) is 1.77. The largest absolute Gasteiger partial charge is 0.506 e. The Morgan fingerprint density at radius 1 is 1.27 bits per heavy atom. The predicted octanol–water partition coefficient (Wildman–Crippen LogP) is 3.80. The molecule has 4 heterocycles. The molecule has 1 aromatic heterocycles. The Bertz CT molecular complexity index is 1040. The van der Waals surface area contributed by atoms with Crippen LogP contribution in [0.4, 0.5) is 10.1 Å². The van der Waals surface area contributed by atoms with Crippen molar-refractivity contribution in [3.05, 3.63) is 53.6 Å². The minimum absolute atomic E-state index is 0.141. The average molecular weight is 479 g/mol. The maximum Gasteiger partial charge on any atom is 0.137 e. The van der Waals surface area contributed by atoms with Crippen LogP contribution in [0.25, 0.3) is 0 Å². The zero-order valence-electron chi connectivity index (χ0n) is 18.9. The maximum atomic E-state index is 14.0. The minimum atomic E-state index is -3.23. The molecule has 3 N–H and O–H groups in total. The second kappa shape index (κ2) is 8.37. The first-order valence-corrected chi connectivity index (χ1v) is 12.7. The Labute approximate surface area is 195 Å². The molecule has 1 spiro atoms. The molecule has 3 fully saturated rings. The van der Waals surface area contributed by atoms with Gasteiger partial charge in [0.2, 0.25) is 0 Å². The van der Waals surface area contributed by atoms with E-state index in [-0.39, 0.29) is 17.7 Å². The number of hydrogen-bond donors (Lipinski definition) is 3. The van der Waals surface area contributed by atoms with Crippen molar-refractivity contribution in [3.63, 3.8) is 0 Å². The molecular formula is C23H31FN4O4S. The number of rotatable bonds is 4. The molecule has 2 aromatic rings. The standard InChI is InChI=1S/C23H31FN4O4S/c1-16-10-23(15-26(2)33(30,31)28(23)20-5-3-4-18(24)8-20)6-7-27(16)12-19-9-21(17-13-32-14-17)22(29)11-25-19/h3-5,8-9,11,16-17,29-31H,6-7,10,12-15H2,1-2H3/t16-,23+/m0/s1. The van der Waals surface area contributed by atoms with Gasteiger partial charge in [0, 0.05) is 44.2 Å². The zero-order valence-corrected chi connectivity index (χ0v) is 19.7. The van der Waals surface area contributed by atoms with Gasteiger partial charge in [0.05, 0.1) is 36.3 Å². The molecule has 8 nitrogen and oxygen atoms in total. The number of anilines is 1. The molecule has 0 aliphatic carbocycles. The van der Waals surface area contributed by atoms with Crippen LogP contribution in [0.15, 0.2) is 36.5 Å². The highest BCUT2D eigenvalue weighted by Crippen LogP contribution is 2.61. The van der Waals surface area contributed by atoms with Gasteiger partial charge >= 0.3 is 0 Å². The molecule has 0 unspecified atom stereocenters. The minimum Gasteiger partial charge on any atom is -0.506 e. The summed E-state index contributed by atoms with van der Waals surface area (Å²) in [6.45, 7) is 5.25. The van der Waals surface area contributed by atoms with Gasteiger partial charge in [0.15, 0.2) is 0 Å². The van der Waals surface area contributed by atoms with Crippen LogP contribution in [-0.2, 0) is 11.3 Å². The van der Waals surface area contributed by atoms with E-state index in [4.69, 9.17) is 4.74 Å². The van der Waals surface area contributed by atoms with E-state index in [1.54, 1.807) is 27.8 Å². The monoisotopic (exact) mass is 478 g/mol. The van der Waals surface area contributed by atoms with Crippen molar-refractivity contribution in [1.29, 1.82) is 0 Å². The van der Waals surface area contributed by atoms with Gasteiger partial charge in [0.1, 0.15) is 11.6 Å². The highest BCUT2D eigenvalue weighted by molar-refractivity contribution is 8.23. The van der Waals surface area contributed by atoms with E-state index in [1.807, 2.05) is 6.07 Å². The highest BCUT2D eigenvalue weighted by Gasteiger charge is 2.55. The zero-order chi connectivity index (χ0) is 23.4. The summed E-state index contributed by atoms with van der Waals surface area (Å²) < 4.78 is 44.6. The summed E-state index contributed by atoms with van der Waals surface area (Å²) in [5.74, 6) is 0.0273. The Kier molecular flexibility index (Phi) is 5.79. The number of likely N-dealkylation sites (N-methyl/N-ethyl adjacent to an activating group) is 1. The molecule has 1 aromatic carbocycles. The SMILES string of the molecule is C[C@H]1C[C@]2(CCN1Cc1cc(C3COC3)c(O)cn1)CN(C)S(O)(O)N2c1cccc(F)c1. The highest BCUT2D eigenvalue weighted by atomic mass is 32.3. The smallest absolute Gasteiger partial charge is 0.137 e. The normalized spacial score (nSPS) is 29.4. The van der Waals surface area contributed by atoms with E-state index >= 15 is 0 Å². The molecule has 10 heteroatoms. The molecule has 3 saturated heterocycles. The second-order valence-electron chi connectivity index (χ2n) is 9.52. The maximum absolute atomic E-state index is 14.0. The van der Waals surface area contributed by atoms with Gasteiger partial charge in [-0.1, -0.05) is 17.0 Å². The van der Waals surface area contributed by atoms with E-state index in [0.717, 1.165) is 17.8 Å². The Morgan fingerprint density at radius 2 is 2.06 bits per heavy atom. The van der Waals surface area contributed by atoms with Crippen molar-refractivity contribution in [1.82, 2.24) is 14.2 Å². The lowest BCUT2D eigenvalue weighted by Crippen LogP contribution is -2.57. The molecule has 0 amide bonds. The topological polar surface area (TPSA) is 92.5 Å². The van der Waals surface area contributed by atoms with Crippen molar-refractivity contribution in [3.8, 4) is 5.75 Å². The fraction of sp³-hybridized carbons (Fsp3) is 0.522. The third kappa shape index (κ3) is 3.98. The van der Waals surface area contributed by atoms with Crippen LogP contribution in [-0.4, -0.2) is 73.3 Å². The Morgan fingerprint density at radius 3 is 2.73 bits per heavy atom. The molecule has 180 valence electrons. The summed E-state index contributed by atoms with van der Waals surface area (Å²) in [5, 5.41) is 10.2. The van der Waals surface area contributed by atoms with Crippen LogP contribution in [0.2, 0.25) is 0 Å². The van der Waals surface area contributed by atoms with Crippen molar-refractivity contribution < 1.29 is 23.3 Å². The number of pyridine rings is 1. The predicted molar refractivity (Wildman–Crippen MR) is 126 cm³/mol. The van der Waals surface area contributed by atoms with Crippen LogP contribution in [0.3, 0.4) is 0 Å². The van der Waals surface area contributed by atoms with Gasteiger partial charge in [-0.25, -0.2) is 4.39 Å². The lowest BCUT2D eigenvalue weighted by atomic mass is 9.82. The first-order chi connectivity index (χ1) is 15.7. The van der Waals surface area contributed by atoms with Gasteiger partial charge in [0.25, 0.3) is 0 Å². The van der Waals surface area contributed by atoms with E-state index in [2.05, 4.69) is 16.8 Å². The van der Waals surface area contributed by atoms with Gasteiger partial charge in [-0.2, -0.15) is 4.31 Å². The molecule has 2 atom stereocenters. The number of hydrogen-bond acceptors (Lipinski definition) is 8. The number of halogens is 1. The second-order valence-corrected chi connectivity index (χ2v) is 11.5. The number of ether oxygens (including phenoxy) is 1. The summed E-state index contributed by atoms with van der Waals surface area (Å²) in [6, 6.07) is 8.19. The van der Waals surface area contributed by atoms with E-state index in [0.29, 0.717) is 44.8 Å². The van der Waals surface area contributed by atoms with Crippen LogP contribution < -0.4 is 4.31 Å². The number of benzene rings is 1. The number of nitrogens with zero attached hydrogens (tertiary/aromatic N) is 4. The molecule has 3 aliphatic heterocycles. The third-order valence-electron chi connectivity index (χ3n) is 7.23. The number of likely N-dealkylation sites (tertiary alicyclic amines) is 1.